The first-order valence-corrected chi connectivity index (χ1v) is 6.62. The van der Waals surface area contributed by atoms with Gasteiger partial charge in [0.25, 0.3) is 5.91 Å². The summed E-state index contributed by atoms with van der Waals surface area (Å²) < 4.78 is 11.0. The van der Waals surface area contributed by atoms with Gasteiger partial charge in [-0.3, -0.25) is 4.79 Å². The molecular weight excluding hydrogens is 280 g/mol. The Morgan fingerprint density at radius 3 is 2.85 bits per heavy atom. The number of amides is 1. The van der Waals surface area contributed by atoms with E-state index in [0.29, 0.717) is 31.0 Å². The van der Waals surface area contributed by atoms with E-state index in [4.69, 9.17) is 15.2 Å². The van der Waals surface area contributed by atoms with E-state index in [9.17, 15) is 4.79 Å². The molecule has 1 aliphatic heterocycles. The molecule has 0 unspecified atom stereocenters. The van der Waals surface area contributed by atoms with E-state index in [2.05, 4.69) is 5.32 Å². The van der Waals surface area contributed by atoms with Gasteiger partial charge in [0.1, 0.15) is 11.9 Å². The number of hydrogen-bond acceptors (Lipinski definition) is 4. The average molecular weight is 301 g/mol. The van der Waals surface area contributed by atoms with Gasteiger partial charge < -0.3 is 20.5 Å². The highest BCUT2D eigenvalue weighted by Gasteiger charge is 2.30. The van der Waals surface area contributed by atoms with Crippen molar-refractivity contribution in [3.63, 3.8) is 0 Å². The molecule has 1 aromatic carbocycles. The molecule has 1 amide bonds. The number of carbonyl (C=O) groups is 1. The lowest BCUT2D eigenvalue weighted by Crippen LogP contribution is -2.29. The van der Waals surface area contributed by atoms with Crippen molar-refractivity contribution in [2.75, 3.05) is 18.5 Å². The van der Waals surface area contributed by atoms with Crippen molar-refractivity contribution in [1.29, 1.82) is 0 Å². The Morgan fingerprint density at radius 2 is 2.20 bits per heavy atom. The van der Waals surface area contributed by atoms with E-state index >= 15 is 0 Å². The standard InChI is InChI=1S/C14H20N2O3.ClH/c1-2-18-12-6-4-3-5-11(12)16-14(17)13-8-7-10(9-15)19-13;/h3-6,10,13H,2,7-9,15H2,1H3,(H,16,17);1H/t10-,13+;/m1./s1. The Balaban J connectivity index is 0.00000200. The summed E-state index contributed by atoms with van der Waals surface area (Å²) in [5.74, 6) is 0.537. The summed E-state index contributed by atoms with van der Waals surface area (Å²) in [5.41, 5.74) is 6.21. The van der Waals surface area contributed by atoms with E-state index in [1.807, 2.05) is 31.2 Å². The summed E-state index contributed by atoms with van der Waals surface area (Å²) in [6, 6.07) is 7.38. The van der Waals surface area contributed by atoms with E-state index in [0.717, 1.165) is 6.42 Å². The van der Waals surface area contributed by atoms with Crippen LogP contribution in [0.25, 0.3) is 0 Å². The average Bonchev–Trinajstić information content (AvgIpc) is 2.90. The van der Waals surface area contributed by atoms with Crippen LogP contribution in [0.4, 0.5) is 5.69 Å². The zero-order valence-corrected chi connectivity index (χ0v) is 12.3. The largest absolute Gasteiger partial charge is 0.492 e. The van der Waals surface area contributed by atoms with Crippen LogP contribution in [0, 0.1) is 0 Å². The number of ether oxygens (including phenoxy) is 2. The maximum Gasteiger partial charge on any atom is 0.253 e. The lowest BCUT2D eigenvalue weighted by molar-refractivity contribution is -0.126. The van der Waals surface area contributed by atoms with Crippen molar-refractivity contribution >= 4 is 24.0 Å². The molecule has 112 valence electrons. The summed E-state index contributed by atoms with van der Waals surface area (Å²) in [5, 5.41) is 2.85. The highest BCUT2D eigenvalue weighted by atomic mass is 35.5. The van der Waals surface area contributed by atoms with Gasteiger partial charge in [-0.25, -0.2) is 0 Å². The molecule has 0 aromatic heterocycles. The number of hydrogen-bond donors (Lipinski definition) is 2. The molecule has 1 saturated heterocycles. The number of para-hydroxylation sites is 2. The molecule has 20 heavy (non-hydrogen) atoms. The fourth-order valence-corrected chi connectivity index (χ4v) is 2.14. The van der Waals surface area contributed by atoms with Crippen LogP contribution < -0.4 is 15.8 Å². The summed E-state index contributed by atoms with van der Waals surface area (Å²) in [7, 11) is 0. The Kier molecular flexibility index (Phi) is 6.78. The van der Waals surface area contributed by atoms with Crippen LogP contribution in [0.1, 0.15) is 19.8 Å². The van der Waals surface area contributed by atoms with Gasteiger partial charge in [0, 0.05) is 6.54 Å². The van der Waals surface area contributed by atoms with E-state index < -0.39 is 6.10 Å². The van der Waals surface area contributed by atoms with Crippen LogP contribution in [0.5, 0.6) is 5.75 Å². The first-order valence-electron chi connectivity index (χ1n) is 6.62. The van der Waals surface area contributed by atoms with E-state index in [-0.39, 0.29) is 24.4 Å². The van der Waals surface area contributed by atoms with E-state index in [1.165, 1.54) is 0 Å². The second-order valence-corrected chi connectivity index (χ2v) is 4.48. The normalized spacial score (nSPS) is 21.1. The van der Waals surface area contributed by atoms with Crippen LogP contribution in [-0.4, -0.2) is 31.3 Å². The number of anilines is 1. The third-order valence-corrected chi connectivity index (χ3v) is 3.11. The number of carbonyl (C=O) groups excluding carboxylic acids is 1. The van der Waals surface area contributed by atoms with Crippen LogP contribution in [0.15, 0.2) is 24.3 Å². The topological polar surface area (TPSA) is 73.6 Å². The van der Waals surface area contributed by atoms with Crippen molar-refractivity contribution < 1.29 is 14.3 Å². The van der Waals surface area contributed by atoms with Gasteiger partial charge in [-0.15, -0.1) is 12.4 Å². The third kappa shape index (κ3) is 4.10. The smallest absolute Gasteiger partial charge is 0.253 e. The highest BCUT2D eigenvalue weighted by molar-refractivity contribution is 5.95. The molecule has 0 saturated carbocycles. The maximum absolute atomic E-state index is 12.1. The molecule has 1 aromatic rings. The molecule has 1 aliphatic rings. The SMILES string of the molecule is CCOc1ccccc1NC(=O)[C@@H]1CC[C@H](CN)O1.Cl. The molecule has 0 bridgehead atoms. The molecular formula is C14H21ClN2O3. The molecule has 0 radical (unpaired) electrons. The lowest BCUT2D eigenvalue weighted by atomic mass is 10.2. The van der Waals surface area contributed by atoms with Crippen LogP contribution >= 0.6 is 12.4 Å². The zero-order valence-electron chi connectivity index (χ0n) is 11.5. The minimum atomic E-state index is -0.414. The van der Waals surface area contributed by atoms with Gasteiger partial charge >= 0.3 is 0 Å². The predicted octanol–water partition coefficient (Wildman–Crippen LogP) is 1.95. The monoisotopic (exact) mass is 300 g/mol. The van der Waals surface area contributed by atoms with Crippen molar-refractivity contribution in [1.82, 2.24) is 0 Å². The van der Waals surface area contributed by atoms with Gasteiger partial charge in [0.2, 0.25) is 0 Å². The molecule has 0 aliphatic carbocycles. The molecule has 0 spiro atoms. The minimum Gasteiger partial charge on any atom is -0.492 e. The fourth-order valence-electron chi connectivity index (χ4n) is 2.14. The molecule has 3 N–H and O–H groups in total. The molecule has 1 heterocycles. The third-order valence-electron chi connectivity index (χ3n) is 3.11. The molecule has 2 rings (SSSR count). The minimum absolute atomic E-state index is 0. The quantitative estimate of drug-likeness (QED) is 0.872. The van der Waals surface area contributed by atoms with E-state index in [1.54, 1.807) is 0 Å². The van der Waals surface area contributed by atoms with Crippen LogP contribution in [-0.2, 0) is 9.53 Å². The summed E-state index contributed by atoms with van der Waals surface area (Å²) in [6.07, 6.45) is 1.13. The van der Waals surface area contributed by atoms with Gasteiger partial charge in [0.15, 0.2) is 0 Å². The van der Waals surface area contributed by atoms with Gasteiger partial charge in [-0.2, -0.15) is 0 Å². The molecule has 2 atom stereocenters. The zero-order chi connectivity index (χ0) is 13.7. The second kappa shape index (κ2) is 8.09. The predicted molar refractivity (Wildman–Crippen MR) is 80.4 cm³/mol. The number of halogens is 1. The molecule has 6 heteroatoms. The fraction of sp³-hybridized carbons (Fsp3) is 0.500. The Labute approximate surface area is 125 Å². The summed E-state index contributed by atoms with van der Waals surface area (Å²) in [6.45, 7) is 2.92. The van der Waals surface area contributed by atoms with Crippen LogP contribution in [0.2, 0.25) is 0 Å². The van der Waals surface area contributed by atoms with Gasteiger partial charge in [0.05, 0.1) is 18.4 Å². The number of nitrogens with one attached hydrogen (secondary N) is 1. The van der Waals surface area contributed by atoms with Crippen molar-refractivity contribution in [3.05, 3.63) is 24.3 Å². The first-order chi connectivity index (χ1) is 9.24. The first kappa shape index (κ1) is 16.8. The second-order valence-electron chi connectivity index (χ2n) is 4.48. The Bertz CT molecular complexity index is 442. The van der Waals surface area contributed by atoms with Crippen molar-refractivity contribution in [2.24, 2.45) is 5.73 Å². The lowest BCUT2D eigenvalue weighted by Gasteiger charge is -2.15. The highest BCUT2D eigenvalue weighted by Crippen LogP contribution is 2.26. The number of rotatable bonds is 5. The van der Waals surface area contributed by atoms with Crippen molar-refractivity contribution in [2.45, 2.75) is 32.0 Å². The Hall–Kier alpha value is -1.30. The Morgan fingerprint density at radius 1 is 1.45 bits per heavy atom. The molecule has 1 fully saturated rings. The van der Waals surface area contributed by atoms with Crippen molar-refractivity contribution in [3.8, 4) is 5.75 Å². The molecule has 5 nitrogen and oxygen atoms in total. The number of nitrogens with two attached hydrogens (primary N) is 1. The summed E-state index contributed by atoms with van der Waals surface area (Å²) >= 11 is 0. The van der Waals surface area contributed by atoms with Gasteiger partial charge in [-0.05, 0) is 31.9 Å². The van der Waals surface area contributed by atoms with Gasteiger partial charge in [-0.1, -0.05) is 12.1 Å². The van der Waals surface area contributed by atoms with Crippen LogP contribution in [0.3, 0.4) is 0 Å². The maximum atomic E-state index is 12.1. The number of benzene rings is 1. The summed E-state index contributed by atoms with van der Waals surface area (Å²) in [4.78, 5) is 12.1.